The van der Waals surface area contributed by atoms with Crippen LogP contribution in [0.4, 0.5) is 0 Å². The molecule has 0 spiro atoms. The van der Waals surface area contributed by atoms with E-state index in [4.69, 9.17) is 9.84 Å². The molecule has 2 heterocycles. The number of aromatic nitrogens is 2. The van der Waals surface area contributed by atoms with Crippen molar-refractivity contribution in [2.24, 2.45) is 0 Å². The van der Waals surface area contributed by atoms with E-state index in [1.54, 1.807) is 4.68 Å². The average molecular weight is 182 g/mol. The van der Waals surface area contributed by atoms with Crippen molar-refractivity contribution in [1.82, 2.24) is 9.78 Å². The van der Waals surface area contributed by atoms with Crippen LogP contribution in [0.3, 0.4) is 0 Å². The number of carboxylic acid groups (broad SMARTS) is 1. The highest BCUT2D eigenvalue weighted by atomic mass is 16.5. The number of carbonyl (C=O) groups is 1. The van der Waals surface area contributed by atoms with Crippen molar-refractivity contribution in [3.05, 3.63) is 11.8 Å². The first-order valence-electron chi connectivity index (χ1n) is 4.18. The normalized spacial score (nSPS) is 19.6. The Kier molecular flexibility index (Phi) is 1.72. The molecule has 1 aromatic rings. The molecule has 70 valence electrons. The maximum absolute atomic E-state index is 10.6. The zero-order valence-electron chi connectivity index (χ0n) is 7.23. The van der Waals surface area contributed by atoms with E-state index in [-0.39, 0.29) is 11.7 Å². The lowest BCUT2D eigenvalue weighted by Crippen LogP contribution is -2.09. The predicted molar refractivity (Wildman–Crippen MR) is 44.0 cm³/mol. The lowest BCUT2D eigenvalue weighted by Gasteiger charge is -2.03. The molecule has 5 nitrogen and oxygen atoms in total. The Hall–Kier alpha value is -1.52. The minimum atomic E-state index is -1.01. The molecule has 0 saturated heterocycles. The van der Waals surface area contributed by atoms with Gasteiger partial charge in [-0.15, -0.1) is 0 Å². The van der Waals surface area contributed by atoms with Gasteiger partial charge in [0.1, 0.15) is 6.61 Å². The number of hydrogen-bond donors (Lipinski definition) is 1. The van der Waals surface area contributed by atoms with Crippen LogP contribution in [0, 0.1) is 0 Å². The molecule has 1 unspecified atom stereocenters. The SMILES string of the molecule is CCC1COc2cc(C(=O)O)nn21. The molecule has 1 aromatic heterocycles. The first kappa shape index (κ1) is 8.10. The fourth-order valence-electron chi connectivity index (χ4n) is 1.39. The van der Waals surface area contributed by atoms with Gasteiger partial charge in [0.05, 0.1) is 6.04 Å². The summed E-state index contributed by atoms with van der Waals surface area (Å²) in [5, 5.41) is 12.6. The fourth-order valence-corrected chi connectivity index (χ4v) is 1.39. The highest BCUT2D eigenvalue weighted by Crippen LogP contribution is 2.27. The van der Waals surface area contributed by atoms with Crippen molar-refractivity contribution in [2.75, 3.05) is 6.61 Å². The van der Waals surface area contributed by atoms with Gasteiger partial charge in [-0.25, -0.2) is 9.48 Å². The number of fused-ring (bicyclic) bond motifs is 1. The van der Waals surface area contributed by atoms with Gasteiger partial charge < -0.3 is 9.84 Å². The molecule has 13 heavy (non-hydrogen) atoms. The minimum absolute atomic E-state index is 0.0492. The smallest absolute Gasteiger partial charge is 0.356 e. The van der Waals surface area contributed by atoms with Crippen LogP contribution in [0.1, 0.15) is 29.9 Å². The first-order valence-corrected chi connectivity index (χ1v) is 4.18. The highest BCUT2D eigenvalue weighted by Gasteiger charge is 2.25. The second-order valence-electron chi connectivity index (χ2n) is 2.99. The summed E-state index contributed by atoms with van der Waals surface area (Å²) in [6.07, 6.45) is 0.897. The van der Waals surface area contributed by atoms with Crippen molar-refractivity contribution in [3.8, 4) is 5.88 Å². The van der Waals surface area contributed by atoms with Gasteiger partial charge in [-0.3, -0.25) is 0 Å². The van der Waals surface area contributed by atoms with Gasteiger partial charge >= 0.3 is 5.97 Å². The Morgan fingerprint density at radius 2 is 2.69 bits per heavy atom. The standard InChI is InChI=1S/C8H10N2O3/c1-2-5-4-13-7-3-6(8(11)12)9-10(5)7/h3,5H,2,4H2,1H3,(H,11,12). The number of aromatic carboxylic acids is 1. The molecule has 0 amide bonds. The topological polar surface area (TPSA) is 64.3 Å². The van der Waals surface area contributed by atoms with E-state index in [1.807, 2.05) is 6.92 Å². The molecule has 0 aliphatic carbocycles. The molecule has 0 aromatic carbocycles. The fraction of sp³-hybridized carbons (Fsp3) is 0.500. The molecule has 0 saturated carbocycles. The highest BCUT2D eigenvalue weighted by molar-refractivity contribution is 5.85. The van der Waals surface area contributed by atoms with Crippen molar-refractivity contribution in [3.63, 3.8) is 0 Å². The quantitative estimate of drug-likeness (QED) is 0.738. The van der Waals surface area contributed by atoms with Crippen molar-refractivity contribution in [1.29, 1.82) is 0 Å². The molecule has 0 fully saturated rings. The van der Waals surface area contributed by atoms with Gasteiger partial charge in [0.15, 0.2) is 5.69 Å². The summed E-state index contributed by atoms with van der Waals surface area (Å²) >= 11 is 0. The first-order chi connectivity index (χ1) is 6.22. The Bertz CT molecular complexity index is 345. The Labute approximate surface area is 74.9 Å². The maximum atomic E-state index is 10.6. The number of nitrogens with zero attached hydrogens (tertiary/aromatic N) is 2. The average Bonchev–Trinajstić information content (AvgIpc) is 2.60. The van der Waals surface area contributed by atoms with Gasteiger partial charge in [0.2, 0.25) is 5.88 Å². The number of rotatable bonds is 2. The van der Waals surface area contributed by atoms with Crippen LogP contribution < -0.4 is 4.74 Å². The molecule has 2 rings (SSSR count). The van der Waals surface area contributed by atoms with Gasteiger partial charge in [-0.1, -0.05) is 6.92 Å². The lowest BCUT2D eigenvalue weighted by molar-refractivity contribution is 0.0688. The Balaban J connectivity index is 2.36. The summed E-state index contributed by atoms with van der Waals surface area (Å²) in [6.45, 7) is 2.62. The maximum Gasteiger partial charge on any atom is 0.356 e. The minimum Gasteiger partial charge on any atom is -0.476 e. The van der Waals surface area contributed by atoms with Crippen LogP contribution in [0.15, 0.2) is 6.07 Å². The van der Waals surface area contributed by atoms with Crippen molar-refractivity contribution >= 4 is 5.97 Å². The van der Waals surface area contributed by atoms with E-state index in [9.17, 15) is 4.79 Å². The summed E-state index contributed by atoms with van der Waals surface area (Å²) in [6, 6.07) is 1.64. The van der Waals surface area contributed by atoms with Crippen LogP contribution >= 0.6 is 0 Å². The summed E-state index contributed by atoms with van der Waals surface area (Å²) in [5.74, 6) is -0.454. The molecular weight excluding hydrogens is 172 g/mol. The molecule has 0 bridgehead atoms. The zero-order chi connectivity index (χ0) is 9.42. The van der Waals surface area contributed by atoms with Gasteiger partial charge in [-0.05, 0) is 6.42 Å². The van der Waals surface area contributed by atoms with E-state index >= 15 is 0 Å². The third kappa shape index (κ3) is 1.16. The summed E-state index contributed by atoms with van der Waals surface area (Å²) in [4.78, 5) is 10.6. The Morgan fingerprint density at radius 1 is 1.92 bits per heavy atom. The van der Waals surface area contributed by atoms with Crippen molar-refractivity contribution in [2.45, 2.75) is 19.4 Å². The summed E-state index contributed by atoms with van der Waals surface area (Å²) in [7, 11) is 0. The molecule has 1 atom stereocenters. The predicted octanol–water partition coefficient (Wildman–Crippen LogP) is 0.925. The largest absolute Gasteiger partial charge is 0.476 e. The van der Waals surface area contributed by atoms with E-state index in [0.29, 0.717) is 12.5 Å². The zero-order valence-corrected chi connectivity index (χ0v) is 7.23. The molecular formula is C8H10N2O3. The molecule has 1 aliphatic rings. The number of hydrogen-bond acceptors (Lipinski definition) is 3. The van der Waals surface area contributed by atoms with Crippen LogP contribution in [0.2, 0.25) is 0 Å². The number of ether oxygens (including phenoxy) is 1. The van der Waals surface area contributed by atoms with Gasteiger partial charge in [0.25, 0.3) is 0 Å². The van der Waals surface area contributed by atoms with E-state index in [1.165, 1.54) is 6.07 Å². The van der Waals surface area contributed by atoms with Crippen LogP contribution in [-0.4, -0.2) is 27.5 Å². The molecule has 1 N–H and O–H groups in total. The van der Waals surface area contributed by atoms with E-state index in [0.717, 1.165) is 6.42 Å². The molecule has 0 radical (unpaired) electrons. The molecule has 1 aliphatic heterocycles. The van der Waals surface area contributed by atoms with E-state index in [2.05, 4.69) is 5.10 Å². The monoisotopic (exact) mass is 182 g/mol. The van der Waals surface area contributed by atoms with Crippen molar-refractivity contribution < 1.29 is 14.6 Å². The molecule has 5 heteroatoms. The third-order valence-corrected chi connectivity index (χ3v) is 2.16. The lowest BCUT2D eigenvalue weighted by atomic mass is 10.3. The number of carboxylic acids is 1. The van der Waals surface area contributed by atoms with Gasteiger partial charge in [0, 0.05) is 6.07 Å². The van der Waals surface area contributed by atoms with Crippen LogP contribution in [-0.2, 0) is 0 Å². The second-order valence-corrected chi connectivity index (χ2v) is 2.99. The van der Waals surface area contributed by atoms with Gasteiger partial charge in [-0.2, -0.15) is 5.10 Å². The summed E-state index contributed by atoms with van der Waals surface area (Å²) in [5.41, 5.74) is 0.0492. The van der Waals surface area contributed by atoms with E-state index < -0.39 is 5.97 Å². The van der Waals surface area contributed by atoms with Crippen LogP contribution in [0.25, 0.3) is 0 Å². The van der Waals surface area contributed by atoms with Crippen LogP contribution in [0.5, 0.6) is 5.88 Å². The Morgan fingerprint density at radius 3 is 3.31 bits per heavy atom. The third-order valence-electron chi connectivity index (χ3n) is 2.16. The summed E-state index contributed by atoms with van der Waals surface area (Å²) < 4.78 is 6.91. The second kappa shape index (κ2) is 2.76.